The van der Waals surface area contributed by atoms with Gasteiger partial charge in [-0.1, -0.05) is 0 Å². The van der Waals surface area contributed by atoms with Gasteiger partial charge in [0.25, 0.3) is 0 Å². The van der Waals surface area contributed by atoms with Gasteiger partial charge in [-0.3, -0.25) is 0 Å². The van der Waals surface area contributed by atoms with Crippen molar-refractivity contribution in [3.05, 3.63) is 49.4 Å². The Balaban J connectivity index is 0.000000120. The molecular weight excluding hydrogens is 152 g/mol. The van der Waals surface area contributed by atoms with Crippen molar-refractivity contribution in [2.45, 2.75) is 12.8 Å². The summed E-state index contributed by atoms with van der Waals surface area (Å²) in [6.45, 7) is 0. The van der Waals surface area contributed by atoms with E-state index in [9.17, 15) is 0 Å². The summed E-state index contributed by atoms with van der Waals surface area (Å²) in [6.07, 6.45) is 16.6. The molecule has 64 valence electrons. The summed E-state index contributed by atoms with van der Waals surface area (Å²) < 4.78 is 9.42. The summed E-state index contributed by atoms with van der Waals surface area (Å²) in [5.74, 6) is 0. The molecule has 2 rings (SSSR count). The first-order valence-electron chi connectivity index (χ1n) is 3.91. The van der Waals surface area contributed by atoms with E-state index in [1.807, 2.05) is 24.3 Å². The van der Waals surface area contributed by atoms with Gasteiger partial charge in [0.15, 0.2) is 0 Å². The zero-order valence-electron chi connectivity index (χ0n) is 6.85. The Bertz CT molecular complexity index is 148. The third-order valence-electron chi connectivity index (χ3n) is 1.24. The molecule has 0 unspecified atom stereocenters. The van der Waals surface area contributed by atoms with Crippen LogP contribution in [0.1, 0.15) is 12.8 Å². The fourth-order valence-corrected chi connectivity index (χ4v) is 0.692. The molecule has 0 spiro atoms. The van der Waals surface area contributed by atoms with Crippen LogP contribution in [-0.2, 0) is 9.47 Å². The molecule has 0 bridgehead atoms. The summed E-state index contributed by atoms with van der Waals surface area (Å²) in [4.78, 5) is 0. The average molecular weight is 164 g/mol. The first-order valence-corrected chi connectivity index (χ1v) is 3.91. The number of allylic oxidation sites excluding steroid dienone is 4. The highest BCUT2D eigenvalue weighted by Crippen LogP contribution is 1.94. The Morgan fingerprint density at radius 2 is 0.917 bits per heavy atom. The van der Waals surface area contributed by atoms with Gasteiger partial charge in [0.2, 0.25) is 0 Å². The summed E-state index contributed by atoms with van der Waals surface area (Å²) in [6, 6.07) is 0. The van der Waals surface area contributed by atoms with E-state index in [4.69, 9.17) is 9.47 Å². The maximum Gasteiger partial charge on any atom is 0.0864 e. The Morgan fingerprint density at radius 1 is 0.583 bits per heavy atom. The lowest BCUT2D eigenvalue weighted by atomic mass is 10.4. The molecule has 0 saturated heterocycles. The third kappa shape index (κ3) is 4.39. The second-order valence-corrected chi connectivity index (χ2v) is 2.23. The predicted octanol–water partition coefficient (Wildman–Crippen LogP) is 2.87. The fraction of sp³-hybridized carbons (Fsp3) is 0.200. The lowest BCUT2D eigenvalue weighted by Crippen LogP contribution is -1.71. The molecule has 0 fully saturated rings. The van der Waals surface area contributed by atoms with Gasteiger partial charge >= 0.3 is 0 Å². The van der Waals surface area contributed by atoms with Crippen LogP contribution >= 0.6 is 0 Å². The van der Waals surface area contributed by atoms with Crippen molar-refractivity contribution in [1.82, 2.24) is 0 Å². The minimum Gasteiger partial charge on any atom is -0.473 e. The summed E-state index contributed by atoms with van der Waals surface area (Å²) >= 11 is 0. The lowest BCUT2D eigenvalue weighted by molar-refractivity contribution is 0.393. The third-order valence-corrected chi connectivity index (χ3v) is 1.24. The van der Waals surface area contributed by atoms with Crippen molar-refractivity contribution >= 4 is 0 Å². The molecule has 0 aromatic heterocycles. The van der Waals surface area contributed by atoms with Gasteiger partial charge in [-0.25, -0.2) is 0 Å². The standard InChI is InChI=1S/2C5H6O/c2*1-2-4-6-5-3-1/h2*2-5H,1H2. The van der Waals surface area contributed by atoms with Crippen molar-refractivity contribution < 1.29 is 9.47 Å². The molecule has 0 aliphatic carbocycles. The van der Waals surface area contributed by atoms with Crippen LogP contribution in [-0.4, -0.2) is 0 Å². The second kappa shape index (κ2) is 6.28. The molecule has 0 aromatic rings. The number of rotatable bonds is 0. The van der Waals surface area contributed by atoms with Crippen molar-refractivity contribution in [2.75, 3.05) is 0 Å². The van der Waals surface area contributed by atoms with Crippen molar-refractivity contribution in [1.29, 1.82) is 0 Å². The van der Waals surface area contributed by atoms with Crippen LogP contribution in [0, 0.1) is 0 Å². The van der Waals surface area contributed by atoms with Crippen LogP contribution in [0.5, 0.6) is 0 Å². The molecular formula is C10H12O2. The van der Waals surface area contributed by atoms with Crippen molar-refractivity contribution in [3.8, 4) is 0 Å². The fourth-order valence-electron chi connectivity index (χ4n) is 0.692. The van der Waals surface area contributed by atoms with E-state index in [-0.39, 0.29) is 0 Å². The monoisotopic (exact) mass is 164 g/mol. The topological polar surface area (TPSA) is 18.5 Å². The maximum absolute atomic E-state index is 4.71. The molecule has 2 aliphatic rings. The van der Waals surface area contributed by atoms with Crippen LogP contribution in [0.2, 0.25) is 0 Å². The molecule has 2 heterocycles. The second-order valence-electron chi connectivity index (χ2n) is 2.23. The molecule has 0 saturated carbocycles. The van der Waals surface area contributed by atoms with Gasteiger partial charge in [0.1, 0.15) is 0 Å². The number of ether oxygens (including phenoxy) is 2. The number of hydrogen-bond acceptors (Lipinski definition) is 2. The SMILES string of the molecule is C1=COC=CC1.C1=COC=CC1. The highest BCUT2D eigenvalue weighted by molar-refractivity contribution is 4.92. The molecule has 2 aliphatic heterocycles. The van der Waals surface area contributed by atoms with E-state index in [2.05, 4.69) is 0 Å². The molecule has 0 amide bonds. The minimum atomic E-state index is 1.01. The summed E-state index contributed by atoms with van der Waals surface area (Å²) in [5, 5.41) is 0. The van der Waals surface area contributed by atoms with Gasteiger partial charge in [-0.05, 0) is 37.1 Å². The van der Waals surface area contributed by atoms with Crippen molar-refractivity contribution in [3.63, 3.8) is 0 Å². The maximum atomic E-state index is 4.71. The Labute approximate surface area is 72.5 Å². The Kier molecular flexibility index (Phi) is 4.53. The van der Waals surface area contributed by atoms with Crippen LogP contribution in [0.3, 0.4) is 0 Å². The van der Waals surface area contributed by atoms with Crippen LogP contribution in [0.4, 0.5) is 0 Å². The lowest BCUT2D eigenvalue weighted by Gasteiger charge is -1.91. The molecule has 0 atom stereocenters. The van der Waals surface area contributed by atoms with Crippen LogP contribution < -0.4 is 0 Å². The summed E-state index contributed by atoms with van der Waals surface area (Å²) in [5.41, 5.74) is 0. The Hall–Kier alpha value is -1.44. The van der Waals surface area contributed by atoms with Gasteiger partial charge in [0.05, 0.1) is 25.0 Å². The van der Waals surface area contributed by atoms with Gasteiger partial charge in [-0.2, -0.15) is 0 Å². The zero-order chi connectivity index (χ0) is 8.49. The highest BCUT2D eigenvalue weighted by Gasteiger charge is 1.76. The first kappa shape index (κ1) is 8.65. The smallest absolute Gasteiger partial charge is 0.0864 e. The highest BCUT2D eigenvalue weighted by atomic mass is 16.5. The van der Waals surface area contributed by atoms with E-state index in [1.54, 1.807) is 25.0 Å². The summed E-state index contributed by atoms with van der Waals surface area (Å²) in [7, 11) is 0. The zero-order valence-corrected chi connectivity index (χ0v) is 6.85. The largest absolute Gasteiger partial charge is 0.473 e. The van der Waals surface area contributed by atoms with Crippen LogP contribution in [0.25, 0.3) is 0 Å². The average Bonchev–Trinajstić information content (AvgIpc) is 2.24. The van der Waals surface area contributed by atoms with E-state index in [1.165, 1.54) is 0 Å². The molecule has 2 nitrogen and oxygen atoms in total. The molecule has 0 radical (unpaired) electrons. The molecule has 0 N–H and O–H groups in total. The van der Waals surface area contributed by atoms with E-state index < -0.39 is 0 Å². The van der Waals surface area contributed by atoms with Gasteiger partial charge < -0.3 is 9.47 Å². The van der Waals surface area contributed by atoms with E-state index >= 15 is 0 Å². The Morgan fingerprint density at radius 3 is 1.00 bits per heavy atom. The predicted molar refractivity (Wildman–Crippen MR) is 48.0 cm³/mol. The normalized spacial score (nSPS) is 17.3. The van der Waals surface area contributed by atoms with Gasteiger partial charge in [-0.15, -0.1) is 0 Å². The van der Waals surface area contributed by atoms with E-state index in [0.29, 0.717) is 0 Å². The molecule has 0 aromatic carbocycles. The molecule has 12 heavy (non-hydrogen) atoms. The van der Waals surface area contributed by atoms with Gasteiger partial charge in [0, 0.05) is 0 Å². The minimum absolute atomic E-state index is 1.01. The van der Waals surface area contributed by atoms with E-state index in [0.717, 1.165) is 12.8 Å². The van der Waals surface area contributed by atoms with Crippen molar-refractivity contribution in [2.24, 2.45) is 0 Å². The quantitative estimate of drug-likeness (QED) is 0.548. The number of hydrogen-bond donors (Lipinski definition) is 0. The molecule has 2 heteroatoms. The van der Waals surface area contributed by atoms with Crippen LogP contribution in [0.15, 0.2) is 49.4 Å². The first-order chi connectivity index (χ1) is 6.00.